The molecule has 0 radical (unpaired) electrons. The molecule has 1 atom stereocenters. The Kier molecular flexibility index (Phi) is 3.80. The highest BCUT2D eigenvalue weighted by molar-refractivity contribution is 6.40. The lowest BCUT2D eigenvalue weighted by molar-refractivity contribution is -0.137. The van der Waals surface area contributed by atoms with Crippen molar-refractivity contribution in [2.24, 2.45) is 4.99 Å². The van der Waals surface area contributed by atoms with Gasteiger partial charge in [0.15, 0.2) is 0 Å². The lowest BCUT2D eigenvalue weighted by atomic mass is 9.79. The fourth-order valence-electron chi connectivity index (χ4n) is 2.72. The number of aliphatic imine (C=N–C) groups is 1. The van der Waals surface area contributed by atoms with Crippen LogP contribution in [-0.2, 0) is 14.9 Å². The van der Waals surface area contributed by atoms with Crippen LogP contribution in [-0.4, -0.2) is 18.3 Å². The number of nitrogens with zero attached hydrogens (tertiary/aromatic N) is 1. The Bertz CT molecular complexity index is 690. The quantitative estimate of drug-likeness (QED) is 0.809. The summed E-state index contributed by atoms with van der Waals surface area (Å²) in [5.41, 5.74) is 2.13. The minimum absolute atomic E-state index is 0.128. The first-order valence-electron chi connectivity index (χ1n) is 7.45. The first-order chi connectivity index (χ1) is 10.6. The van der Waals surface area contributed by atoms with E-state index in [-0.39, 0.29) is 12.0 Å². The Hall–Kier alpha value is -2.42. The van der Waals surface area contributed by atoms with E-state index in [0.717, 1.165) is 11.1 Å². The number of esters is 1. The van der Waals surface area contributed by atoms with Crippen LogP contribution in [0.4, 0.5) is 0 Å². The van der Waals surface area contributed by atoms with E-state index in [2.05, 4.69) is 0 Å². The van der Waals surface area contributed by atoms with E-state index in [4.69, 9.17) is 9.73 Å². The lowest BCUT2D eigenvalue weighted by Crippen LogP contribution is -2.40. The molecule has 0 saturated heterocycles. The Morgan fingerprint density at radius 3 is 2.23 bits per heavy atom. The topological polar surface area (TPSA) is 38.7 Å². The maximum absolute atomic E-state index is 12.2. The maximum Gasteiger partial charge on any atom is 0.353 e. The second kappa shape index (κ2) is 5.76. The van der Waals surface area contributed by atoms with Crippen molar-refractivity contribution in [3.63, 3.8) is 0 Å². The van der Waals surface area contributed by atoms with Crippen LogP contribution in [0.25, 0.3) is 0 Å². The monoisotopic (exact) mass is 293 g/mol. The van der Waals surface area contributed by atoms with Gasteiger partial charge < -0.3 is 4.74 Å². The van der Waals surface area contributed by atoms with Crippen molar-refractivity contribution >= 4 is 11.7 Å². The fourth-order valence-corrected chi connectivity index (χ4v) is 2.72. The SMILES string of the molecule is CC(C)(C1=N[C@H](c2ccccc2)COC1=O)c1ccccc1. The number of benzene rings is 2. The van der Waals surface area contributed by atoms with Gasteiger partial charge in [-0.1, -0.05) is 60.7 Å². The summed E-state index contributed by atoms with van der Waals surface area (Å²) in [4.78, 5) is 17.0. The number of ether oxygens (including phenoxy) is 1. The van der Waals surface area contributed by atoms with Crippen LogP contribution < -0.4 is 0 Å². The third-order valence-electron chi connectivity index (χ3n) is 4.12. The van der Waals surface area contributed by atoms with Gasteiger partial charge >= 0.3 is 5.97 Å². The van der Waals surface area contributed by atoms with Gasteiger partial charge in [0.05, 0.1) is 0 Å². The van der Waals surface area contributed by atoms with E-state index >= 15 is 0 Å². The second-order valence-electron chi connectivity index (χ2n) is 5.99. The molecule has 3 nitrogen and oxygen atoms in total. The molecule has 0 unspecified atom stereocenters. The molecule has 0 saturated carbocycles. The van der Waals surface area contributed by atoms with Crippen LogP contribution in [0, 0.1) is 0 Å². The van der Waals surface area contributed by atoms with Gasteiger partial charge in [0.2, 0.25) is 0 Å². The Balaban J connectivity index is 2.00. The van der Waals surface area contributed by atoms with Gasteiger partial charge in [0, 0.05) is 5.41 Å². The first kappa shape index (κ1) is 14.5. The van der Waals surface area contributed by atoms with Crippen LogP contribution in [0.5, 0.6) is 0 Å². The molecule has 22 heavy (non-hydrogen) atoms. The van der Waals surface area contributed by atoms with Crippen molar-refractivity contribution in [1.82, 2.24) is 0 Å². The molecule has 2 aromatic carbocycles. The zero-order chi connectivity index (χ0) is 15.6. The lowest BCUT2D eigenvalue weighted by Gasteiger charge is -2.30. The van der Waals surface area contributed by atoms with Crippen molar-refractivity contribution < 1.29 is 9.53 Å². The fraction of sp³-hybridized carbons (Fsp3) is 0.263. The van der Waals surface area contributed by atoms with Gasteiger partial charge in [-0.3, -0.25) is 4.99 Å². The Labute approximate surface area is 130 Å². The number of cyclic esters (lactones) is 1. The molecule has 0 bridgehead atoms. The normalized spacial score (nSPS) is 18.5. The number of rotatable bonds is 3. The molecule has 2 aromatic rings. The minimum atomic E-state index is -0.480. The Morgan fingerprint density at radius 2 is 1.59 bits per heavy atom. The molecule has 3 rings (SSSR count). The molecule has 1 aliphatic rings. The molecule has 0 aromatic heterocycles. The highest BCUT2D eigenvalue weighted by Crippen LogP contribution is 2.31. The third kappa shape index (κ3) is 2.67. The molecular formula is C19H19NO2. The molecule has 0 amide bonds. The molecule has 112 valence electrons. The van der Waals surface area contributed by atoms with Gasteiger partial charge in [-0.25, -0.2) is 4.79 Å². The summed E-state index contributed by atoms with van der Waals surface area (Å²) in [5.74, 6) is -0.318. The average molecular weight is 293 g/mol. The number of carbonyl (C=O) groups excluding carboxylic acids is 1. The van der Waals surface area contributed by atoms with Crippen LogP contribution in [0.2, 0.25) is 0 Å². The molecule has 0 N–H and O–H groups in total. The third-order valence-corrected chi connectivity index (χ3v) is 4.12. The van der Waals surface area contributed by atoms with E-state index in [1.54, 1.807) is 0 Å². The molecule has 0 fully saturated rings. The summed E-state index contributed by atoms with van der Waals surface area (Å²) < 4.78 is 5.40. The van der Waals surface area contributed by atoms with E-state index in [9.17, 15) is 4.79 Å². The smallest absolute Gasteiger partial charge is 0.353 e. The molecule has 0 aliphatic carbocycles. The van der Waals surface area contributed by atoms with Crippen LogP contribution in [0.15, 0.2) is 65.7 Å². The van der Waals surface area contributed by atoms with E-state index in [1.807, 2.05) is 74.5 Å². The summed E-state index contributed by atoms with van der Waals surface area (Å²) in [7, 11) is 0. The molecule has 0 spiro atoms. The standard InChI is InChI=1S/C19H19NO2/c1-19(2,15-11-7-4-8-12-15)17-18(21)22-13-16(20-17)14-9-5-3-6-10-14/h3-12,16H,13H2,1-2H3/t16-/m0/s1. The van der Waals surface area contributed by atoms with E-state index < -0.39 is 5.41 Å². The number of hydrogen-bond donors (Lipinski definition) is 0. The molecule has 3 heteroatoms. The predicted octanol–water partition coefficient (Wildman–Crippen LogP) is 3.70. The summed E-state index contributed by atoms with van der Waals surface area (Å²) in [6.45, 7) is 4.32. The summed E-state index contributed by atoms with van der Waals surface area (Å²) in [6, 6.07) is 19.8. The minimum Gasteiger partial charge on any atom is -0.459 e. The zero-order valence-electron chi connectivity index (χ0n) is 12.8. The largest absolute Gasteiger partial charge is 0.459 e. The van der Waals surface area contributed by atoms with Crippen molar-refractivity contribution in [2.75, 3.05) is 6.61 Å². The van der Waals surface area contributed by atoms with Crippen molar-refractivity contribution in [3.05, 3.63) is 71.8 Å². The Morgan fingerprint density at radius 1 is 1.00 bits per heavy atom. The van der Waals surface area contributed by atoms with Gasteiger partial charge in [-0.2, -0.15) is 0 Å². The van der Waals surface area contributed by atoms with E-state index in [0.29, 0.717) is 12.3 Å². The van der Waals surface area contributed by atoms with Crippen LogP contribution >= 0.6 is 0 Å². The summed E-state index contributed by atoms with van der Waals surface area (Å²) in [5, 5.41) is 0. The van der Waals surface area contributed by atoms with Crippen molar-refractivity contribution in [3.8, 4) is 0 Å². The average Bonchev–Trinajstić information content (AvgIpc) is 2.57. The van der Waals surface area contributed by atoms with Crippen molar-refractivity contribution in [1.29, 1.82) is 0 Å². The van der Waals surface area contributed by atoms with E-state index in [1.165, 1.54) is 0 Å². The predicted molar refractivity (Wildman–Crippen MR) is 87.0 cm³/mol. The summed E-state index contributed by atoms with van der Waals surface area (Å²) in [6.07, 6.45) is 0. The highest BCUT2D eigenvalue weighted by Gasteiger charge is 2.37. The first-order valence-corrected chi connectivity index (χ1v) is 7.45. The van der Waals surface area contributed by atoms with Crippen molar-refractivity contribution in [2.45, 2.75) is 25.3 Å². The summed E-state index contributed by atoms with van der Waals surface area (Å²) >= 11 is 0. The van der Waals surface area contributed by atoms with Gasteiger partial charge in [0.25, 0.3) is 0 Å². The van der Waals surface area contributed by atoms with Crippen LogP contribution in [0.1, 0.15) is 31.0 Å². The van der Waals surface area contributed by atoms with Gasteiger partial charge in [0.1, 0.15) is 18.4 Å². The highest BCUT2D eigenvalue weighted by atomic mass is 16.5. The molecular weight excluding hydrogens is 274 g/mol. The van der Waals surface area contributed by atoms with Crippen LogP contribution in [0.3, 0.4) is 0 Å². The zero-order valence-corrected chi connectivity index (χ0v) is 12.8. The number of hydrogen-bond acceptors (Lipinski definition) is 3. The van der Waals surface area contributed by atoms with Gasteiger partial charge in [-0.15, -0.1) is 0 Å². The molecule has 1 heterocycles. The number of carbonyl (C=O) groups is 1. The second-order valence-corrected chi connectivity index (χ2v) is 5.99. The maximum atomic E-state index is 12.2. The molecule has 1 aliphatic heterocycles. The van der Waals surface area contributed by atoms with Gasteiger partial charge in [-0.05, 0) is 25.0 Å².